The lowest BCUT2D eigenvalue weighted by atomic mass is 10.2. The van der Waals surface area contributed by atoms with Crippen LogP contribution in [0.3, 0.4) is 0 Å². The van der Waals surface area contributed by atoms with Gasteiger partial charge in [0.1, 0.15) is 5.75 Å². The van der Waals surface area contributed by atoms with Gasteiger partial charge in [-0.05, 0) is 36.4 Å². The van der Waals surface area contributed by atoms with Gasteiger partial charge in [-0.2, -0.15) is 0 Å². The van der Waals surface area contributed by atoms with Gasteiger partial charge in [-0.25, -0.2) is 4.79 Å². The molecule has 0 aliphatic rings. The molecular formula is C20H21N3O6. The Kier molecular flexibility index (Phi) is 7.30. The summed E-state index contributed by atoms with van der Waals surface area (Å²) in [6.07, 6.45) is 0. The Morgan fingerprint density at radius 1 is 0.862 bits per heavy atom. The Labute approximate surface area is 167 Å². The molecule has 2 aromatic carbocycles. The minimum absolute atomic E-state index is 0.189. The summed E-state index contributed by atoms with van der Waals surface area (Å²) in [6, 6.07) is 10.9. The van der Waals surface area contributed by atoms with Crippen molar-refractivity contribution in [3.8, 4) is 5.75 Å². The van der Waals surface area contributed by atoms with Crippen LogP contribution in [0.15, 0.2) is 42.5 Å². The summed E-state index contributed by atoms with van der Waals surface area (Å²) in [4.78, 5) is 46.6. The van der Waals surface area contributed by atoms with E-state index in [-0.39, 0.29) is 17.4 Å². The van der Waals surface area contributed by atoms with Gasteiger partial charge in [0, 0.05) is 25.2 Å². The van der Waals surface area contributed by atoms with Gasteiger partial charge in [-0.15, -0.1) is 0 Å². The highest BCUT2D eigenvalue weighted by molar-refractivity contribution is 5.98. The van der Waals surface area contributed by atoms with Gasteiger partial charge < -0.3 is 25.4 Å². The number of carbonyl (C=O) groups excluding carboxylic acids is 4. The number of benzene rings is 2. The van der Waals surface area contributed by atoms with E-state index in [1.165, 1.54) is 39.2 Å². The van der Waals surface area contributed by atoms with Crippen LogP contribution < -0.4 is 20.7 Å². The highest BCUT2D eigenvalue weighted by Crippen LogP contribution is 2.27. The Bertz CT molecular complexity index is 942. The molecule has 2 rings (SSSR count). The molecule has 3 N–H and O–H groups in total. The standard InChI is InChI=1S/C20H21N3O6/c1-12(24)21-15-6-4-5-14(9-15)20(27)29-11-19(26)23-17-10-16(22-13(2)25)7-8-18(17)28-3/h4-10H,11H2,1-3H3,(H,21,24)(H,22,25)(H,23,26). The molecule has 0 fully saturated rings. The molecule has 2 aromatic rings. The van der Waals surface area contributed by atoms with Crippen molar-refractivity contribution in [2.24, 2.45) is 0 Å². The summed E-state index contributed by atoms with van der Waals surface area (Å²) in [7, 11) is 1.44. The van der Waals surface area contributed by atoms with Crippen molar-refractivity contribution >= 4 is 40.8 Å². The lowest BCUT2D eigenvalue weighted by molar-refractivity contribution is -0.119. The lowest BCUT2D eigenvalue weighted by Crippen LogP contribution is -2.21. The predicted molar refractivity (Wildman–Crippen MR) is 107 cm³/mol. The zero-order chi connectivity index (χ0) is 21.4. The minimum Gasteiger partial charge on any atom is -0.495 e. The molecule has 0 saturated heterocycles. The highest BCUT2D eigenvalue weighted by atomic mass is 16.5. The van der Waals surface area contributed by atoms with Gasteiger partial charge in [-0.3, -0.25) is 14.4 Å². The van der Waals surface area contributed by atoms with Crippen LogP contribution in [0.25, 0.3) is 0 Å². The van der Waals surface area contributed by atoms with E-state index in [1.807, 2.05) is 0 Å². The molecular weight excluding hydrogens is 378 g/mol. The largest absolute Gasteiger partial charge is 0.495 e. The second-order valence-electron chi connectivity index (χ2n) is 5.98. The maximum absolute atomic E-state index is 12.2. The molecule has 0 aliphatic carbocycles. The monoisotopic (exact) mass is 399 g/mol. The number of carbonyl (C=O) groups is 4. The molecule has 0 spiro atoms. The molecule has 152 valence electrons. The smallest absolute Gasteiger partial charge is 0.338 e. The van der Waals surface area contributed by atoms with Crippen molar-refractivity contribution in [3.63, 3.8) is 0 Å². The first-order valence-electron chi connectivity index (χ1n) is 8.58. The van der Waals surface area contributed by atoms with E-state index >= 15 is 0 Å². The Morgan fingerprint density at radius 3 is 2.14 bits per heavy atom. The summed E-state index contributed by atoms with van der Waals surface area (Å²) in [5.74, 6) is -1.46. The van der Waals surface area contributed by atoms with E-state index in [1.54, 1.807) is 24.3 Å². The minimum atomic E-state index is -0.716. The molecule has 0 radical (unpaired) electrons. The third-order valence-corrected chi connectivity index (χ3v) is 3.55. The number of rotatable bonds is 7. The van der Waals surface area contributed by atoms with Crippen LogP contribution in [-0.2, 0) is 19.1 Å². The van der Waals surface area contributed by atoms with Gasteiger partial charge in [0.25, 0.3) is 5.91 Å². The fourth-order valence-electron chi connectivity index (χ4n) is 2.41. The number of hydrogen-bond acceptors (Lipinski definition) is 6. The van der Waals surface area contributed by atoms with Crippen LogP contribution in [0, 0.1) is 0 Å². The molecule has 9 heteroatoms. The van der Waals surface area contributed by atoms with Crippen molar-refractivity contribution in [3.05, 3.63) is 48.0 Å². The van der Waals surface area contributed by atoms with E-state index in [0.29, 0.717) is 22.8 Å². The SMILES string of the molecule is COc1ccc(NC(C)=O)cc1NC(=O)COC(=O)c1cccc(NC(C)=O)c1. The normalized spacial score (nSPS) is 9.90. The maximum Gasteiger partial charge on any atom is 0.338 e. The van der Waals surface area contributed by atoms with Crippen LogP contribution >= 0.6 is 0 Å². The van der Waals surface area contributed by atoms with E-state index in [0.717, 1.165) is 0 Å². The third kappa shape index (κ3) is 6.65. The van der Waals surface area contributed by atoms with Crippen LogP contribution in [0.5, 0.6) is 5.75 Å². The van der Waals surface area contributed by atoms with Crippen molar-refractivity contribution in [2.75, 3.05) is 29.7 Å². The van der Waals surface area contributed by atoms with E-state index in [9.17, 15) is 19.2 Å². The zero-order valence-corrected chi connectivity index (χ0v) is 16.2. The van der Waals surface area contributed by atoms with Crippen molar-refractivity contribution in [1.82, 2.24) is 0 Å². The molecule has 0 aliphatic heterocycles. The number of ether oxygens (including phenoxy) is 2. The van der Waals surface area contributed by atoms with Crippen LogP contribution in [0.1, 0.15) is 24.2 Å². The number of anilines is 3. The van der Waals surface area contributed by atoms with Gasteiger partial charge in [0.2, 0.25) is 11.8 Å². The second-order valence-corrected chi connectivity index (χ2v) is 5.98. The molecule has 0 atom stereocenters. The Balaban J connectivity index is 2.00. The molecule has 3 amide bonds. The summed E-state index contributed by atoms with van der Waals surface area (Å²) in [5, 5.41) is 7.73. The van der Waals surface area contributed by atoms with E-state index in [4.69, 9.17) is 9.47 Å². The average Bonchev–Trinajstić information content (AvgIpc) is 2.65. The second kappa shape index (κ2) is 9.88. The zero-order valence-electron chi connectivity index (χ0n) is 16.2. The summed E-state index contributed by atoms with van der Waals surface area (Å²) >= 11 is 0. The first kappa shape index (κ1) is 21.4. The third-order valence-electron chi connectivity index (χ3n) is 3.55. The fourth-order valence-corrected chi connectivity index (χ4v) is 2.41. The summed E-state index contributed by atoms with van der Waals surface area (Å²) < 4.78 is 10.2. The topological polar surface area (TPSA) is 123 Å². The predicted octanol–water partition coefficient (Wildman–Crippen LogP) is 2.41. The van der Waals surface area contributed by atoms with Crippen molar-refractivity contribution in [2.45, 2.75) is 13.8 Å². The Hall–Kier alpha value is -3.88. The number of methoxy groups -OCH3 is 1. The van der Waals surface area contributed by atoms with Gasteiger partial charge in [-0.1, -0.05) is 6.07 Å². The van der Waals surface area contributed by atoms with Crippen molar-refractivity contribution in [1.29, 1.82) is 0 Å². The number of hydrogen-bond donors (Lipinski definition) is 3. The Morgan fingerprint density at radius 2 is 1.52 bits per heavy atom. The van der Waals surface area contributed by atoms with Crippen LogP contribution in [0.4, 0.5) is 17.1 Å². The number of amides is 3. The van der Waals surface area contributed by atoms with Gasteiger partial charge >= 0.3 is 5.97 Å². The number of esters is 1. The lowest BCUT2D eigenvalue weighted by Gasteiger charge is -2.12. The molecule has 0 heterocycles. The number of nitrogens with one attached hydrogen (secondary N) is 3. The summed E-state index contributed by atoms with van der Waals surface area (Å²) in [6.45, 7) is 2.18. The average molecular weight is 399 g/mol. The molecule has 0 bridgehead atoms. The molecule has 29 heavy (non-hydrogen) atoms. The molecule has 0 saturated carbocycles. The van der Waals surface area contributed by atoms with Gasteiger partial charge in [0.15, 0.2) is 6.61 Å². The van der Waals surface area contributed by atoms with Crippen LogP contribution in [-0.4, -0.2) is 37.4 Å². The maximum atomic E-state index is 12.2. The molecule has 0 aromatic heterocycles. The highest BCUT2D eigenvalue weighted by Gasteiger charge is 2.13. The van der Waals surface area contributed by atoms with Crippen molar-refractivity contribution < 1.29 is 28.7 Å². The molecule has 9 nitrogen and oxygen atoms in total. The summed E-state index contributed by atoms with van der Waals surface area (Å²) in [5.41, 5.74) is 1.41. The molecule has 0 unspecified atom stereocenters. The van der Waals surface area contributed by atoms with Gasteiger partial charge in [0.05, 0.1) is 18.4 Å². The van der Waals surface area contributed by atoms with Crippen LogP contribution in [0.2, 0.25) is 0 Å². The van der Waals surface area contributed by atoms with E-state index in [2.05, 4.69) is 16.0 Å². The first-order valence-corrected chi connectivity index (χ1v) is 8.58. The van der Waals surface area contributed by atoms with E-state index < -0.39 is 18.5 Å². The first-order chi connectivity index (χ1) is 13.8. The fraction of sp³-hybridized carbons (Fsp3) is 0.200. The quantitative estimate of drug-likeness (QED) is 0.615.